The van der Waals surface area contributed by atoms with Crippen LogP contribution in [0.5, 0.6) is 6.01 Å². The van der Waals surface area contributed by atoms with Crippen LogP contribution in [0.1, 0.15) is 26.3 Å². The summed E-state index contributed by atoms with van der Waals surface area (Å²) in [5, 5.41) is 17.5. The van der Waals surface area contributed by atoms with E-state index in [2.05, 4.69) is 15.4 Å². The van der Waals surface area contributed by atoms with Crippen LogP contribution in [0.4, 0.5) is 18.9 Å². The van der Waals surface area contributed by atoms with Gasteiger partial charge in [0.25, 0.3) is 0 Å². The molecule has 2 N–H and O–H groups in total. The molecule has 0 bridgehead atoms. The Morgan fingerprint density at radius 1 is 1.03 bits per heavy atom. The van der Waals surface area contributed by atoms with Crippen molar-refractivity contribution in [2.75, 3.05) is 31.7 Å². The smallest absolute Gasteiger partial charge is 0.416 e. The van der Waals surface area contributed by atoms with Crippen molar-refractivity contribution in [2.45, 2.75) is 33.1 Å². The maximum Gasteiger partial charge on any atom is 0.416 e. The lowest BCUT2D eigenvalue weighted by Crippen LogP contribution is -2.25. The first-order valence-corrected chi connectivity index (χ1v) is 11.0. The number of halogens is 3. The molecule has 1 atom stereocenters. The first-order valence-electron chi connectivity index (χ1n) is 11.0. The molecule has 1 aromatic heterocycles. The van der Waals surface area contributed by atoms with Gasteiger partial charge in [0.1, 0.15) is 0 Å². The van der Waals surface area contributed by atoms with Crippen LogP contribution in [0.15, 0.2) is 48.5 Å². The van der Waals surface area contributed by atoms with Crippen LogP contribution in [0.3, 0.4) is 0 Å². The number of ether oxygens (including phenoxy) is 2. The predicted octanol–water partition coefficient (Wildman–Crippen LogP) is 4.80. The number of aromatic nitrogens is 3. The van der Waals surface area contributed by atoms with E-state index in [0.717, 1.165) is 17.8 Å². The van der Waals surface area contributed by atoms with E-state index in [4.69, 9.17) is 9.47 Å². The van der Waals surface area contributed by atoms with Crippen molar-refractivity contribution in [3.63, 3.8) is 0 Å². The molecule has 184 valence electrons. The van der Waals surface area contributed by atoms with Gasteiger partial charge in [-0.05, 0) is 49.2 Å². The monoisotopic (exact) mass is 478 g/mol. The summed E-state index contributed by atoms with van der Waals surface area (Å²) in [6, 6.07) is 12.1. The highest BCUT2D eigenvalue weighted by Gasteiger charge is 2.30. The van der Waals surface area contributed by atoms with Crippen molar-refractivity contribution >= 4 is 5.69 Å². The number of benzene rings is 2. The maximum absolute atomic E-state index is 12.9. The van der Waals surface area contributed by atoms with Crippen LogP contribution in [0, 0.1) is 5.92 Å². The molecule has 10 heteroatoms. The summed E-state index contributed by atoms with van der Waals surface area (Å²) in [5.74, 6) is 0.760. The van der Waals surface area contributed by atoms with Crippen molar-refractivity contribution in [2.24, 2.45) is 5.92 Å². The van der Waals surface area contributed by atoms with Crippen LogP contribution in [-0.4, -0.2) is 52.3 Å². The molecule has 0 aliphatic heterocycles. The van der Waals surface area contributed by atoms with E-state index < -0.39 is 17.8 Å². The maximum atomic E-state index is 12.9. The van der Waals surface area contributed by atoms with Crippen molar-refractivity contribution in [3.05, 3.63) is 54.1 Å². The number of hydrogen-bond donors (Lipinski definition) is 2. The molecule has 7 nitrogen and oxygen atoms in total. The Bertz CT molecular complexity index is 1040. The molecule has 1 heterocycles. The van der Waals surface area contributed by atoms with Gasteiger partial charge in [0.2, 0.25) is 0 Å². The lowest BCUT2D eigenvalue weighted by Gasteiger charge is -2.14. The number of aliphatic hydroxyl groups is 1. The molecule has 0 fully saturated rings. The van der Waals surface area contributed by atoms with Crippen molar-refractivity contribution in [1.29, 1.82) is 0 Å². The second kappa shape index (κ2) is 11.3. The molecular formula is C24H29F3N4O3. The Labute approximate surface area is 196 Å². The Morgan fingerprint density at radius 3 is 2.29 bits per heavy atom. The first-order chi connectivity index (χ1) is 16.2. The second-order valence-corrected chi connectivity index (χ2v) is 8.15. The normalized spacial score (nSPS) is 12.7. The van der Waals surface area contributed by atoms with Crippen molar-refractivity contribution < 1.29 is 27.8 Å². The van der Waals surface area contributed by atoms with E-state index in [1.165, 1.54) is 16.8 Å². The van der Waals surface area contributed by atoms with Crippen LogP contribution in [0.25, 0.3) is 17.1 Å². The highest BCUT2D eigenvalue weighted by atomic mass is 19.4. The van der Waals surface area contributed by atoms with Gasteiger partial charge in [0.05, 0.1) is 30.6 Å². The molecular weight excluding hydrogens is 449 g/mol. The Hall–Kier alpha value is -3.11. The lowest BCUT2D eigenvalue weighted by molar-refractivity contribution is -0.137. The number of aliphatic hydroxyl groups excluding tert-OH is 1. The average Bonchev–Trinajstić information content (AvgIpc) is 3.21. The SMILES string of the molecule is CCOc1nc(-c2ccc(C(F)(F)F)cc2)n(-c2ccc(NC[C@H](O)COCC(C)C)cc2)n1. The molecule has 3 aromatic rings. The third-order valence-corrected chi connectivity index (χ3v) is 4.75. The topological polar surface area (TPSA) is 81.4 Å². The zero-order chi connectivity index (χ0) is 24.7. The quantitative estimate of drug-likeness (QED) is 0.412. The molecule has 0 radical (unpaired) electrons. The second-order valence-electron chi connectivity index (χ2n) is 8.15. The van der Waals surface area contributed by atoms with Crippen molar-refractivity contribution in [3.8, 4) is 23.1 Å². The molecule has 0 saturated carbocycles. The summed E-state index contributed by atoms with van der Waals surface area (Å²) in [6.45, 7) is 7.40. The summed E-state index contributed by atoms with van der Waals surface area (Å²) in [5.41, 5.74) is 1.17. The standard InChI is InChI=1S/C24H29F3N4O3/c1-4-34-23-29-22(17-5-7-18(8-6-17)24(25,26)27)31(30-23)20-11-9-19(10-12-20)28-13-21(32)15-33-14-16(2)3/h5-12,16,21,28,32H,4,13-15H2,1-3H3/t21-/m0/s1. The summed E-state index contributed by atoms with van der Waals surface area (Å²) in [7, 11) is 0. The Kier molecular flexibility index (Phi) is 8.51. The molecule has 2 aromatic carbocycles. The number of alkyl halides is 3. The number of nitrogens with one attached hydrogen (secondary N) is 1. The van der Waals surface area contributed by atoms with Crippen LogP contribution < -0.4 is 10.1 Å². The van der Waals surface area contributed by atoms with E-state index in [0.29, 0.717) is 42.8 Å². The molecule has 0 aliphatic rings. The number of hydrogen-bond acceptors (Lipinski definition) is 6. The van der Waals surface area contributed by atoms with Gasteiger partial charge in [-0.25, -0.2) is 4.68 Å². The zero-order valence-corrected chi connectivity index (χ0v) is 19.3. The van der Waals surface area contributed by atoms with Gasteiger partial charge in [-0.3, -0.25) is 0 Å². The minimum absolute atomic E-state index is 0.129. The van der Waals surface area contributed by atoms with Crippen LogP contribution in [0.2, 0.25) is 0 Å². The van der Waals surface area contributed by atoms with Gasteiger partial charge in [0.15, 0.2) is 5.82 Å². The first kappa shape index (κ1) is 25.5. The van der Waals surface area contributed by atoms with Gasteiger partial charge in [-0.2, -0.15) is 18.2 Å². The zero-order valence-electron chi connectivity index (χ0n) is 19.3. The minimum Gasteiger partial charge on any atom is -0.463 e. The molecule has 0 spiro atoms. The summed E-state index contributed by atoms with van der Waals surface area (Å²) < 4.78 is 51.2. The summed E-state index contributed by atoms with van der Waals surface area (Å²) in [6.07, 6.45) is -5.06. The third-order valence-electron chi connectivity index (χ3n) is 4.75. The van der Waals surface area contributed by atoms with E-state index in [9.17, 15) is 18.3 Å². The summed E-state index contributed by atoms with van der Waals surface area (Å²) >= 11 is 0. The molecule has 34 heavy (non-hydrogen) atoms. The van der Waals surface area contributed by atoms with E-state index in [1.807, 2.05) is 26.0 Å². The van der Waals surface area contributed by atoms with E-state index >= 15 is 0 Å². The van der Waals surface area contributed by atoms with Gasteiger partial charge in [-0.1, -0.05) is 26.0 Å². The fraction of sp³-hybridized carbons (Fsp3) is 0.417. The highest BCUT2D eigenvalue weighted by Crippen LogP contribution is 2.31. The van der Waals surface area contributed by atoms with Gasteiger partial charge >= 0.3 is 12.2 Å². The Balaban J connectivity index is 1.75. The molecule has 0 amide bonds. The fourth-order valence-electron chi connectivity index (χ4n) is 3.11. The molecule has 0 unspecified atom stereocenters. The average molecular weight is 479 g/mol. The van der Waals surface area contributed by atoms with Gasteiger partial charge < -0.3 is 19.9 Å². The molecule has 0 aliphatic carbocycles. The van der Waals surface area contributed by atoms with Crippen molar-refractivity contribution in [1.82, 2.24) is 14.8 Å². The van der Waals surface area contributed by atoms with Gasteiger partial charge in [-0.15, -0.1) is 5.10 Å². The molecule has 3 rings (SSSR count). The van der Waals surface area contributed by atoms with Gasteiger partial charge in [0, 0.05) is 24.4 Å². The largest absolute Gasteiger partial charge is 0.463 e. The number of rotatable bonds is 11. The predicted molar refractivity (Wildman–Crippen MR) is 123 cm³/mol. The summed E-state index contributed by atoms with van der Waals surface area (Å²) in [4.78, 5) is 4.35. The fourth-order valence-corrected chi connectivity index (χ4v) is 3.11. The lowest BCUT2D eigenvalue weighted by atomic mass is 10.1. The highest BCUT2D eigenvalue weighted by molar-refractivity contribution is 5.60. The Morgan fingerprint density at radius 2 is 1.71 bits per heavy atom. The third kappa shape index (κ3) is 6.94. The van der Waals surface area contributed by atoms with Crippen LogP contribution >= 0.6 is 0 Å². The number of nitrogens with zero attached hydrogens (tertiary/aromatic N) is 3. The van der Waals surface area contributed by atoms with Crippen LogP contribution in [-0.2, 0) is 10.9 Å². The molecule has 0 saturated heterocycles. The van der Waals surface area contributed by atoms with E-state index in [1.54, 1.807) is 19.1 Å². The minimum atomic E-state index is -4.42. The number of anilines is 1. The van der Waals surface area contributed by atoms with E-state index in [-0.39, 0.29) is 12.6 Å².